The van der Waals surface area contributed by atoms with Crippen LogP contribution >= 0.6 is 23.2 Å². The van der Waals surface area contributed by atoms with Crippen LogP contribution in [0.5, 0.6) is 0 Å². The van der Waals surface area contributed by atoms with Gasteiger partial charge < -0.3 is 0 Å². The fourth-order valence-corrected chi connectivity index (χ4v) is 0.721. The molecule has 0 radical (unpaired) electrons. The summed E-state index contributed by atoms with van der Waals surface area (Å²) in [6, 6.07) is 3.72. The van der Waals surface area contributed by atoms with Gasteiger partial charge in [-0.2, -0.15) is 10.5 Å². The van der Waals surface area contributed by atoms with Crippen molar-refractivity contribution in [3.63, 3.8) is 0 Å². The third kappa shape index (κ3) is 3.56. The lowest BCUT2D eigenvalue weighted by atomic mass is 10.2. The van der Waals surface area contributed by atoms with Gasteiger partial charge in [-0.3, -0.25) is 0 Å². The average Bonchev–Trinajstić information content (AvgIpc) is 1.98. The standard InChI is InChI=1S/C6H6Cl2N2/c7-5(2-1-3-9)6(8)4-10/h5-6H,1-2H2. The van der Waals surface area contributed by atoms with Gasteiger partial charge in [0.05, 0.1) is 17.5 Å². The number of hydrogen-bond acceptors (Lipinski definition) is 2. The molecule has 54 valence electrons. The fourth-order valence-electron chi connectivity index (χ4n) is 0.430. The van der Waals surface area contributed by atoms with Crippen molar-refractivity contribution < 1.29 is 0 Å². The zero-order valence-corrected chi connectivity index (χ0v) is 6.73. The molecule has 0 heterocycles. The maximum absolute atomic E-state index is 8.26. The van der Waals surface area contributed by atoms with E-state index in [-0.39, 0.29) is 0 Å². The molecule has 0 bridgehead atoms. The summed E-state index contributed by atoms with van der Waals surface area (Å²) in [5.74, 6) is 0. The molecule has 0 aromatic heterocycles. The van der Waals surface area contributed by atoms with Gasteiger partial charge in [-0.05, 0) is 6.42 Å². The van der Waals surface area contributed by atoms with Crippen molar-refractivity contribution in [3.05, 3.63) is 0 Å². The smallest absolute Gasteiger partial charge is 0.136 e. The predicted octanol–water partition coefficient (Wildman–Crippen LogP) is 2.03. The number of hydrogen-bond donors (Lipinski definition) is 0. The van der Waals surface area contributed by atoms with Gasteiger partial charge in [-0.1, -0.05) is 0 Å². The Labute approximate surface area is 70.0 Å². The van der Waals surface area contributed by atoms with Crippen LogP contribution in [0.25, 0.3) is 0 Å². The molecule has 0 aliphatic rings. The minimum atomic E-state index is -0.685. The number of alkyl halides is 2. The molecule has 2 atom stereocenters. The Morgan fingerprint density at radius 2 is 1.90 bits per heavy atom. The summed E-state index contributed by atoms with van der Waals surface area (Å²) in [4.78, 5) is 0. The monoisotopic (exact) mass is 176 g/mol. The zero-order valence-electron chi connectivity index (χ0n) is 5.22. The van der Waals surface area contributed by atoms with E-state index in [1.165, 1.54) is 0 Å². The molecule has 2 unspecified atom stereocenters. The highest BCUT2D eigenvalue weighted by Gasteiger charge is 2.14. The minimum Gasteiger partial charge on any atom is -0.198 e. The molecule has 0 aliphatic carbocycles. The van der Waals surface area contributed by atoms with E-state index in [2.05, 4.69) is 0 Å². The van der Waals surface area contributed by atoms with E-state index in [0.717, 1.165) is 0 Å². The van der Waals surface area contributed by atoms with Crippen molar-refractivity contribution in [1.29, 1.82) is 10.5 Å². The lowest BCUT2D eigenvalue weighted by Gasteiger charge is -2.04. The van der Waals surface area contributed by atoms with E-state index in [0.29, 0.717) is 12.8 Å². The van der Waals surface area contributed by atoms with E-state index >= 15 is 0 Å². The molecular formula is C6H6Cl2N2. The van der Waals surface area contributed by atoms with E-state index in [1.54, 1.807) is 6.07 Å². The fraction of sp³-hybridized carbons (Fsp3) is 0.667. The quantitative estimate of drug-likeness (QED) is 0.619. The molecule has 4 heteroatoms. The number of nitriles is 2. The summed E-state index contributed by atoms with van der Waals surface area (Å²) >= 11 is 11.1. The van der Waals surface area contributed by atoms with Gasteiger partial charge in [0.15, 0.2) is 0 Å². The summed E-state index contributed by atoms with van der Waals surface area (Å²) in [6.07, 6.45) is 0.818. The van der Waals surface area contributed by atoms with Crippen LogP contribution in [0.3, 0.4) is 0 Å². The first kappa shape index (κ1) is 9.56. The largest absolute Gasteiger partial charge is 0.198 e. The molecule has 0 aliphatic heterocycles. The highest BCUT2D eigenvalue weighted by Crippen LogP contribution is 2.14. The highest BCUT2D eigenvalue weighted by molar-refractivity contribution is 6.31. The van der Waals surface area contributed by atoms with E-state index in [4.69, 9.17) is 33.7 Å². The van der Waals surface area contributed by atoms with Crippen LogP contribution in [0.4, 0.5) is 0 Å². The minimum absolute atomic E-state index is 0.346. The second-order valence-corrected chi connectivity index (χ2v) is 2.77. The molecule has 10 heavy (non-hydrogen) atoms. The molecule has 2 nitrogen and oxygen atoms in total. The van der Waals surface area contributed by atoms with Crippen LogP contribution in [0.15, 0.2) is 0 Å². The highest BCUT2D eigenvalue weighted by atomic mass is 35.5. The first-order chi connectivity index (χ1) is 4.72. The lowest BCUT2D eigenvalue weighted by molar-refractivity contribution is 0.788. The summed E-state index contributed by atoms with van der Waals surface area (Å²) in [5.41, 5.74) is 0. The Bertz CT molecular complexity index is 168. The van der Waals surface area contributed by atoms with Crippen molar-refractivity contribution in [2.75, 3.05) is 0 Å². The molecule has 0 saturated carbocycles. The molecule has 0 saturated heterocycles. The Morgan fingerprint density at radius 3 is 2.30 bits per heavy atom. The Balaban J connectivity index is 3.56. The van der Waals surface area contributed by atoms with Gasteiger partial charge in [-0.15, -0.1) is 23.2 Å². The van der Waals surface area contributed by atoms with Crippen molar-refractivity contribution in [3.8, 4) is 12.1 Å². The summed E-state index contributed by atoms with van der Waals surface area (Å²) in [5, 5.41) is 15.3. The Morgan fingerprint density at radius 1 is 1.30 bits per heavy atom. The number of nitrogens with zero attached hydrogens (tertiary/aromatic N) is 2. The van der Waals surface area contributed by atoms with Crippen LogP contribution in [-0.4, -0.2) is 10.8 Å². The Hall–Kier alpha value is -0.440. The second kappa shape index (κ2) is 5.35. The maximum atomic E-state index is 8.26. The average molecular weight is 177 g/mol. The lowest BCUT2D eigenvalue weighted by Crippen LogP contribution is -2.11. The number of halogens is 2. The van der Waals surface area contributed by atoms with E-state index < -0.39 is 10.8 Å². The van der Waals surface area contributed by atoms with Gasteiger partial charge >= 0.3 is 0 Å². The molecular weight excluding hydrogens is 171 g/mol. The van der Waals surface area contributed by atoms with Crippen LogP contribution < -0.4 is 0 Å². The van der Waals surface area contributed by atoms with Gasteiger partial charge in [0, 0.05) is 6.42 Å². The topological polar surface area (TPSA) is 47.6 Å². The third-order valence-corrected chi connectivity index (χ3v) is 1.97. The van der Waals surface area contributed by atoms with Crippen molar-refractivity contribution >= 4 is 23.2 Å². The third-order valence-electron chi connectivity index (χ3n) is 0.973. The maximum Gasteiger partial charge on any atom is 0.136 e. The normalized spacial score (nSPS) is 14.8. The molecule has 0 amide bonds. The Kier molecular flexibility index (Phi) is 5.12. The van der Waals surface area contributed by atoms with Crippen LogP contribution in [-0.2, 0) is 0 Å². The van der Waals surface area contributed by atoms with Crippen molar-refractivity contribution in [2.45, 2.75) is 23.6 Å². The van der Waals surface area contributed by atoms with Crippen LogP contribution in [0, 0.1) is 22.7 Å². The van der Waals surface area contributed by atoms with Gasteiger partial charge in [0.1, 0.15) is 5.38 Å². The van der Waals surface area contributed by atoms with Gasteiger partial charge in [-0.25, -0.2) is 0 Å². The first-order valence-corrected chi connectivity index (χ1v) is 3.64. The SMILES string of the molecule is N#CCCC(Cl)C(Cl)C#N. The van der Waals surface area contributed by atoms with E-state index in [9.17, 15) is 0 Å². The molecule has 0 aromatic carbocycles. The molecule has 0 aromatic rings. The van der Waals surface area contributed by atoms with Gasteiger partial charge in [0.25, 0.3) is 0 Å². The molecule has 0 N–H and O–H groups in total. The molecule has 0 spiro atoms. The van der Waals surface area contributed by atoms with Crippen molar-refractivity contribution in [1.82, 2.24) is 0 Å². The molecule has 0 fully saturated rings. The summed E-state index contributed by atoms with van der Waals surface area (Å²) in [6.45, 7) is 0. The van der Waals surface area contributed by atoms with Crippen LogP contribution in [0.2, 0.25) is 0 Å². The van der Waals surface area contributed by atoms with Crippen LogP contribution in [0.1, 0.15) is 12.8 Å². The summed E-state index contributed by atoms with van der Waals surface area (Å²) < 4.78 is 0. The second-order valence-electron chi connectivity index (χ2n) is 1.74. The van der Waals surface area contributed by atoms with Gasteiger partial charge in [0.2, 0.25) is 0 Å². The summed E-state index contributed by atoms with van der Waals surface area (Å²) in [7, 11) is 0. The predicted molar refractivity (Wildman–Crippen MR) is 39.7 cm³/mol. The molecule has 0 rings (SSSR count). The zero-order chi connectivity index (χ0) is 7.98. The number of rotatable bonds is 3. The first-order valence-electron chi connectivity index (χ1n) is 2.77. The van der Waals surface area contributed by atoms with Crippen molar-refractivity contribution in [2.24, 2.45) is 0 Å². The van der Waals surface area contributed by atoms with E-state index in [1.807, 2.05) is 6.07 Å².